The summed E-state index contributed by atoms with van der Waals surface area (Å²) >= 11 is 0. The van der Waals surface area contributed by atoms with Crippen molar-refractivity contribution in [3.05, 3.63) is 23.9 Å². The summed E-state index contributed by atoms with van der Waals surface area (Å²) in [4.78, 5) is 4.14. The predicted molar refractivity (Wildman–Crippen MR) is 61.3 cm³/mol. The number of rotatable bonds is 7. The first-order chi connectivity index (χ1) is 7.80. The van der Waals surface area contributed by atoms with Gasteiger partial charge in [-0.05, 0) is 17.7 Å². The van der Waals surface area contributed by atoms with Gasteiger partial charge in [0.15, 0.2) is 0 Å². The quantitative estimate of drug-likeness (QED) is 0.714. The van der Waals surface area contributed by atoms with Gasteiger partial charge in [-0.25, -0.2) is 4.98 Å². The second kappa shape index (κ2) is 7.16. The average Bonchev–Trinajstić information content (AvgIpc) is 2.34. The van der Waals surface area contributed by atoms with E-state index in [1.54, 1.807) is 32.5 Å². The minimum atomic E-state index is -0.00965. The Hall–Kier alpha value is -1.17. The van der Waals surface area contributed by atoms with E-state index in [1.165, 1.54) is 0 Å². The molecule has 16 heavy (non-hydrogen) atoms. The number of aliphatic hydroxyl groups is 1. The zero-order valence-electron chi connectivity index (χ0n) is 9.64. The standard InChI is InChI=1S/C11H18N2O3/c1-15-8-10(16-2)6-13-11-5-9(7-14)3-4-12-11/h3-5,10,14H,6-8H2,1-2H3,(H,12,13). The number of nitrogens with zero attached hydrogens (tertiary/aromatic N) is 1. The third-order valence-electron chi connectivity index (χ3n) is 2.20. The minimum absolute atomic E-state index is 0.00965. The molecule has 0 aliphatic rings. The second-order valence-corrected chi connectivity index (χ2v) is 3.40. The van der Waals surface area contributed by atoms with Crippen molar-refractivity contribution in [2.75, 3.05) is 32.7 Å². The molecule has 0 radical (unpaired) electrons. The summed E-state index contributed by atoms with van der Waals surface area (Å²) in [6.07, 6.45) is 1.65. The van der Waals surface area contributed by atoms with Crippen LogP contribution in [0.3, 0.4) is 0 Å². The van der Waals surface area contributed by atoms with Gasteiger partial charge in [0.1, 0.15) is 5.82 Å². The van der Waals surface area contributed by atoms with Crippen molar-refractivity contribution in [3.63, 3.8) is 0 Å². The van der Waals surface area contributed by atoms with Crippen molar-refractivity contribution in [2.45, 2.75) is 12.7 Å². The zero-order valence-corrected chi connectivity index (χ0v) is 9.64. The highest BCUT2D eigenvalue weighted by molar-refractivity contribution is 5.37. The molecule has 1 heterocycles. The summed E-state index contributed by atoms with van der Waals surface area (Å²) in [6, 6.07) is 3.58. The molecule has 0 aromatic carbocycles. The normalized spacial score (nSPS) is 12.4. The molecule has 0 fully saturated rings. The Morgan fingerprint density at radius 3 is 2.94 bits per heavy atom. The number of methoxy groups -OCH3 is 2. The SMILES string of the molecule is COCC(CNc1cc(CO)ccn1)OC. The number of aliphatic hydroxyl groups excluding tert-OH is 1. The van der Waals surface area contributed by atoms with Crippen LogP contribution >= 0.6 is 0 Å². The van der Waals surface area contributed by atoms with Gasteiger partial charge in [-0.15, -0.1) is 0 Å². The van der Waals surface area contributed by atoms with E-state index in [0.29, 0.717) is 13.2 Å². The monoisotopic (exact) mass is 226 g/mol. The Kier molecular flexibility index (Phi) is 5.77. The van der Waals surface area contributed by atoms with Gasteiger partial charge in [0.05, 0.1) is 19.3 Å². The molecule has 0 bridgehead atoms. The lowest BCUT2D eigenvalue weighted by molar-refractivity contribution is 0.0365. The molecule has 90 valence electrons. The average molecular weight is 226 g/mol. The molecule has 5 nitrogen and oxygen atoms in total. The van der Waals surface area contributed by atoms with Crippen molar-refractivity contribution in [1.29, 1.82) is 0 Å². The van der Waals surface area contributed by atoms with Gasteiger partial charge < -0.3 is 19.9 Å². The molecule has 1 aromatic heterocycles. The largest absolute Gasteiger partial charge is 0.392 e. The first kappa shape index (κ1) is 12.9. The molecule has 1 atom stereocenters. The van der Waals surface area contributed by atoms with E-state index in [2.05, 4.69) is 10.3 Å². The molecular formula is C11H18N2O3. The number of anilines is 1. The number of pyridine rings is 1. The Labute approximate surface area is 95.4 Å². The molecule has 0 saturated heterocycles. The van der Waals surface area contributed by atoms with E-state index in [4.69, 9.17) is 14.6 Å². The number of ether oxygens (including phenoxy) is 2. The molecule has 0 aliphatic heterocycles. The van der Waals surface area contributed by atoms with Crippen LogP contribution in [0.25, 0.3) is 0 Å². The number of hydrogen-bond donors (Lipinski definition) is 2. The smallest absolute Gasteiger partial charge is 0.126 e. The highest BCUT2D eigenvalue weighted by Crippen LogP contribution is 2.06. The van der Waals surface area contributed by atoms with Gasteiger partial charge in [0.2, 0.25) is 0 Å². The van der Waals surface area contributed by atoms with Crippen LogP contribution in [0.4, 0.5) is 5.82 Å². The minimum Gasteiger partial charge on any atom is -0.392 e. The molecule has 0 amide bonds. The molecule has 0 aliphatic carbocycles. The maximum Gasteiger partial charge on any atom is 0.126 e. The first-order valence-corrected chi connectivity index (χ1v) is 5.11. The van der Waals surface area contributed by atoms with Crippen LogP contribution in [-0.4, -0.2) is 43.6 Å². The fourth-order valence-corrected chi connectivity index (χ4v) is 1.28. The second-order valence-electron chi connectivity index (χ2n) is 3.40. The topological polar surface area (TPSA) is 63.6 Å². The number of aromatic nitrogens is 1. The number of hydrogen-bond acceptors (Lipinski definition) is 5. The maximum atomic E-state index is 8.97. The van der Waals surface area contributed by atoms with Crippen molar-refractivity contribution in [1.82, 2.24) is 4.98 Å². The highest BCUT2D eigenvalue weighted by Gasteiger charge is 2.06. The van der Waals surface area contributed by atoms with Gasteiger partial charge in [0.25, 0.3) is 0 Å². The fraction of sp³-hybridized carbons (Fsp3) is 0.545. The van der Waals surface area contributed by atoms with Crippen LogP contribution in [0.15, 0.2) is 18.3 Å². The Bertz CT molecular complexity index is 307. The summed E-state index contributed by atoms with van der Waals surface area (Å²) in [5, 5.41) is 12.1. The van der Waals surface area contributed by atoms with Gasteiger partial charge in [-0.2, -0.15) is 0 Å². The summed E-state index contributed by atoms with van der Waals surface area (Å²) in [6.45, 7) is 1.17. The van der Waals surface area contributed by atoms with Gasteiger partial charge >= 0.3 is 0 Å². The van der Waals surface area contributed by atoms with Crippen LogP contribution in [0.1, 0.15) is 5.56 Å². The molecule has 2 N–H and O–H groups in total. The van der Waals surface area contributed by atoms with E-state index in [0.717, 1.165) is 11.4 Å². The molecule has 5 heteroatoms. The molecular weight excluding hydrogens is 208 g/mol. The third kappa shape index (κ3) is 4.14. The number of nitrogens with one attached hydrogen (secondary N) is 1. The van der Waals surface area contributed by atoms with Crippen molar-refractivity contribution in [2.24, 2.45) is 0 Å². The van der Waals surface area contributed by atoms with Gasteiger partial charge in [-0.3, -0.25) is 0 Å². The summed E-state index contributed by atoms with van der Waals surface area (Å²) in [5.74, 6) is 0.727. The Morgan fingerprint density at radius 2 is 2.31 bits per heavy atom. The predicted octanol–water partition coefficient (Wildman–Crippen LogP) is 0.647. The summed E-state index contributed by atoms with van der Waals surface area (Å²) in [7, 11) is 3.28. The molecule has 0 saturated carbocycles. The Morgan fingerprint density at radius 1 is 1.50 bits per heavy atom. The zero-order chi connectivity index (χ0) is 11.8. The Balaban J connectivity index is 2.46. The summed E-state index contributed by atoms with van der Waals surface area (Å²) < 4.78 is 10.2. The van der Waals surface area contributed by atoms with Crippen LogP contribution in [0.5, 0.6) is 0 Å². The van der Waals surface area contributed by atoms with Crippen molar-refractivity contribution in [3.8, 4) is 0 Å². The fourth-order valence-electron chi connectivity index (χ4n) is 1.28. The van der Waals surface area contributed by atoms with E-state index in [-0.39, 0.29) is 12.7 Å². The first-order valence-electron chi connectivity index (χ1n) is 5.11. The van der Waals surface area contributed by atoms with Crippen LogP contribution in [0.2, 0.25) is 0 Å². The van der Waals surface area contributed by atoms with Gasteiger partial charge in [0, 0.05) is 27.0 Å². The van der Waals surface area contributed by atoms with Gasteiger partial charge in [-0.1, -0.05) is 0 Å². The van der Waals surface area contributed by atoms with E-state index in [9.17, 15) is 0 Å². The van der Waals surface area contributed by atoms with Crippen LogP contribution in [0, 0.1) is 0 Å². The van der Waals surface area contributed by atoms with Crippen LogP contribution < -0.4 is 5.32 Å². The molecule has 0 spiro atoms. The lowest BCUT2D eigenvalue weighted by Crippen LogP contribution is -2.26. The third-order valence-corrected chi connectivity index (χ3v) is 2.20. The van der Waals surface area contributed by atoms with E-state index >= 15 is 0 Å². The van der Waals surface area contributed by atoms with Crippen LogP contribution in [-0.2, 0) is 16.1 Å². The highest BCUT2D eigenvalue weighted by atomic mass is 16.5. The lowest BCUT2D eigenvalue weighted by atomic mass is 10.3. The molecule has 1 aromatic rings. The van der Waals surface area contributed by atoms with Crippen molar-refractivity contribution < 1.29 is 14.6 Å². The maximum absolute atomic E-state index is 8.97. The van der Waals surface area contributed by atoms with E-state index in [1.807, 2.05) is 0 Å². The lowest BCUT2D eigenvalue weighted by Gasteiger charge is -2.15. The van der Waals surface area contributed by atoms with E-state index < -0.39 is 0 Å². The summed E-state index contributed by atoms with van der Waals surface area (Å²) in [5.41, 5.74) is 0.832. The molecule has 1 unspecified atom stereocenters. The van der Waals surface area contributed by atoms with Crippen molar-refractivity contribution >= 4 is 5.82 Å². The molecule has 1 rings (SSSR count).